The average Bonchev–Trinajstić information content (AvgIpc) is 3.23. The highest BCUT2D eigenvalue weighted by molar-refractivity contribution is 7.99. The molecule has 13 heteroatoms. The molecular formula is C25H30N4O8S. The van der Waals surface area contributed by atoms with Crippen LogP contribution in [-0.4, -0.2) is 75.0 Å². The Morgan fingerprint density at radius 2 is 1.68 bits per heavy atom. The molecule has 3 rings (SSSR count). The van der Waals surface area contributed by atoms with Crippen molar-refractivity contribution in [2.24, 2.45) is 0 Å². The Kier molecular flexibility index (Phi) is 10.0. The minimum atomic E-state index is -1.17. The highest BCUT2D eigenvalue weighted by Gasteiger charge is 2.51. The predicted octanol–water partition coefficient (Wildman–Crippen LogP) is 1.88. The van der Waals surface area contributed by atoms with Crippen LogP contribution in [0.15, 0.2) is 48.1 Å². The van der Waals surface area contributed by atoms with Crippen molar-refractivity contribution in [1.29, 1.82) is 0 Å². The second kappa shape index (κ2) is 13.2. The maximum Gasteiger partial charge on any atom is 0.303 e. The molecule has 0 unspecified atom stereocenters. The van der Waals surface area contributed by atoms with Gasteiger partial charge in [0.2, 0.25) is 5.91 Å². The van der Waals surface area contributed by atoms with Gasteiger partial charge in [-0.2, -0.15) is 0 Å². The molecule has 1 fully saturated rings. The van der Waals surface area contributed by atoms with Crippen molar-refractivity contribution in [3.8, 4) is 11.4 Å². The highest BCUT2D eigenvalue weighted by atomic mass is 32.2. The molecule has 1 aliphatic rings. The van der Waals surface area contributed by atoms with E-state index < -0.39 is 53.6 Å². The first-order valence-electron chi connectivity index (χ1n) is 11.8. The largest absolute Gasteiger partial charge is 0.463 e. The fourth-order valence-corrected chi connectivity index (χ4v) is 5.12. The smallest absolute Gasteiger partial charge is 0.303 e. The molecule has 1 aromatic heterocycles. The normalized spacial score (nSPS) is 22.7. The summed E-state index contributed by atoms with van der Waals surface area (Å²) in [6, 6.07) is 8.47. The van der Waals surface area contributed by atoms with Crippen LogP contribution in [0.4, 0.5) is 0 Å². The molecule has 0 saturated carbocycles. The van der Waals surface area contributed by atoms with E-state index in [-0.39, 0.29) is 6.61 Å². The van der Waals surface area contributed by atoms with E-state index in [2.05, 4.69) is 22.1 Å². The highest BCUT2D eigenvalue weighted by Crippen LogP contribution is 2.36. The van der Waals surface area contributed by atoms with Gasteiger partial charge in [0.1, 0.15) is 24.2 Å². The molecule has 1 amide bonds. The molecule has 0 aliphatic carbocycles. The Labute approximate surface area is 224 Å². The molecule has 1 aliphatic heterocycles. The van der Waals surface area contributed by atoms with Gasteiger partial charge < -0.3 is 24.3 Å². The van der Waals surface area contributed by atoms with E-state index >= 15 is 0 Å². The second-order valence-corrected chi connectivity index (χ2v) is 9.47. The number of hydrogen-bond acceptors (Lipinski definition) is 11. The number of benzene rings is 1. The lowest BCUT2D eigenvalue weighted by Gasteiger charge is -2.44. The Morgan fingerprint density at radius 1 is 1.03 bits per heavy atom. The van der Waals surface area contributed by atoms with E-state index in [4.69, 9.17) is 18.9 Å². The van der Waals surface area contributed by atoms with Gasteiger partial charge in [-0.25, -0.2) is 0 Å². The van der Waals surface area contributed by atoms with Gasteiger partial charge in [0.15, 0.2) is 23.2 Å². The first-order chi connectivity index (χ1) is 18.1. The van der Waals surface area contributed by atoms with Crippen molar-refractivity contribution in [3.63, 3.8) is 0 Å². The lowest BCUT2D eigenvalue weighted by molar-refractivity contribution is -0.211. The SMILES string of the molecule is C=CCn1c(S[C@@H]2O[C@H](COC(C)=O)[C@H](OC(C)=O)[C@@H](OC(C)=O)[C@@H]2NC(C)=O)nnc1-c1ccccc1. The Balaban J connectivity index is 2.04. The number of rotatable bonds is 10. The molecule has 1 saturated heterocycles. The van der Waals surface area contributed by atoms with Gasteiger partial charge >= 0.3 is 17.9 Å². The minimum absolute atomic E-state index is 0.288. The third kappa shape index (κ3) is 7.42. The van der Waals surface area contributed by atoms with Gasteiger partial charge in [-0.1, -0.05) is 48.2 Å². The van der Waals surface area contributed by atoms with Crippen LogP contribution in [0.1, 0.15) is 27.7 Å². The first-order valence-corrected chi connectivity index (χ1v) is 12.6. The quantitative estimate of drug-likeness (QED) is 0.264. The third-order valence-electron chi connectivity index (χ3n) is 5.35. The van der Waals surface area contributed by atoms with E-state index in [0.29, 0.717) is 17.5 Å². The minimum Gasteiger partial charge on any atom is -0.463 e. The fraction of sp³-hybridized carbons (Fsp3) is 0.440. The monoisotopic (exact) mass is 546 g/mol. The number of thioether (sulfide) groups is 1. The summed E-state index contributed by atoms with van der Waals surface area (Å²) in [4.78, 5) is 47.7. The number of ether oxygens (including phenoxy) is 4. The van der Waals surface area contributed by atoms with Crippen LogP contribution in [0.3, 0.4) is 0 Å². The molecule has 2 heterocycles. The maximum atomic E-state index is 12.2. The molecule has 2 aromatic rings. The number of amides is 1. The summed E-state index contributed by atoms with van der Waals surface area (Å²) in [6.45, 7) is 8.81. The van der Waals surface area contributed by atoms with Gasteiger partial charge in [-0.3, -0.25) is 23.7 Å². The van der Waals surface area contributed by atoms with Crippen molar-refractivity contribution in [2.45, 2.75) is 69.2 Å². The third-order valence-corrected chi connectivity index (χ3v) is 6.50. The zero-order valence-corrected chi connectivity index (χ0v) is 22.3. The summed E-state index contributed by atoms with van der Waals surface area (Å²) in [5.74, 6) is -1.76. The van der Waals surface area contributed by atoms with Crippen LogP contribution in [0, 0.1) is 0 Å². The zero-order chi connectivity index (χ0) is 27.8. The average molecular weight is 547 g/mol. The van der Waals surface area contributed by atoms with E-state index in [9.17, 15) is 19.2 Å². The van der Waals surface area contributed by atoms with E-state index in [1.165, 1.54) is 27.7 Å². The summed E-state index contributed by atoms with van der Waals surface area (Å²) >= 11 is 1.12. The topological polar surface area (TPSA) is 148 Å². The number of esters is 3. The Hall–Kier alpha value is -3.71. The number of allylic oxidation sites excluding steroid dienone is 1. The van der Waals surface area contributed by atoms with Crippen LogP contribution in [0.5, 0.6) is 0 Å². The molecule has 1 N–H and O–H groups in total. The second-order valence-electron chi connectivity index (χ2n) is 8.41. The van der Waals surface area contributed by atoms with Gasteiger partial charge in [0.05, 0.1) is 0 Å². The molecule has 204 valence electrons. The van der Waals surface area contributed by atoms with Gasteiger partial charge in [-0.05, 0) is 0 Å². The van der Waals surface area contributed by atoms with Crippen LogP contribution in [0.25, 0.3) is 11.4 Å². The standard InChI is InChI=1S/C25H30N4O8S/c1-6-12-29-23(18-10-8-7-9-11-18)27-28-25(29)38-24-20(26-14(2)30)22(36-17(5)33)21(35-16(4)32)19(37-24)13-34-15(3)31/h6-11,19-22,24H,1,12-13H2,2-5H3,(H,26,30)/t19-,20+,21+,22+,24+/m1/s1. The predicted molar refractivity (Wildman–Crippen MR) is 136 cm³/mol. The molecule has 38 heavy (non-hydrogen) atoms. The van der Waals surface area contributed by atoms with Gasteiger partial charge in [-0.15, -0.1) is 16.8 Å². The number of carbonyl (C=O) groups is 4. The number of aromatic nitrogens is 3. The van der Waals surface area contributed by atoms with Crippen molar-refractivity contribution >= 4 is 35.6 Å². The first kappa shape index (κ1) is 28.9. The van der Waals surface area contributed by atoms with Crippen molar-refractivity contribution < 1.29 is 38.1 Å². The van der Waals surface area contributed by atoms with Gasteiger partial charge in [0.25, 0.3) is 0 Å². The molecule has 12 nitrogen and oxygen atoms in total. The summed E-state index contributed by atoms with van der Waals surface area (Å²) in [7, 11) is 0. The lowest BCUT2D eigenvalue weighted by Crippen LogP contribution is -2.65. The Bertz CT molecular complexity index is 1170. The maximum absolute atomic E-state index is 12.2. The van der Waals surface area contributed by atoms with Crippen molar-refractivity contribution in [2.75, 3.05) is 6.61 Å². The number of nitrogens with zero attached hydrogens (tertiary/aromatic N) is 3. The van der Waals surface area contributed by atoms with Crippen molar-refractivity contribution in [3.05, 3.63) is 43.0 Å². The lowest BCUT2D eigenvalue weighted by atomic mass is 9.97. The van der Waals surface area contributed by atoms with E-state index in [1.807, 2.05) is 34.9 Å². The zero-order valence-electron chi connectivity index (χ0n) is 21.5. The van der Waals surface area contributed by atoms with Crippen LogP contribution in [0.2, 0.25) is 0 Å². The molecule has 1 aromatic carbocycles. The van der Waals surface area contributed by atoms with Gasteiger partial charge in [0, 0.05) is 39.8 Å². The number of nitrogens with one attached hydrogen (secondary N) is 1. The number of hydrogen-bond donors (Lipinski definition) is 1. The summed E-state index contributed by atoms with van der Waals surface area (Å²) in [5.41, 5.74) is -0.0795. The molecular weight excluding hydrogens is 516 g/mol. The fourth-order valence-electron chi connectivity index (χ4n) is 3.97. The molecule has 0 radical (unpaired) electrons. The van der Waals surface area contributed by atoms with E-state index in [0.717, 1.165) is 17.3 Å². The van der Waals surface area contributed by atoms with Crippen LogP contribution < -0.4 is 5.32 Å². The van der Waals surface area contributed by atoms with E-state index in [1.54, 1.807) is 6.08 Å². The van der Waals surface area contributed by atoms with Crippen molar-refractivity contribution in [1.82, 2.24) is 20.1 Å². The molecule has 0 spiro atoms. The molecule has 0 bridgehead atoms. The Morgan fingerprint density at radius 3 is 2.26 bits per heavy atom. The number of carbonyl (C=O) groups excluding carboxylic acids is 4. The summed E-state index contributed by atoms with van der Waals surface area (Å²) in [6.07, 6.45) is -1.65. The van der Waals surface area contributed by atoms with Crippen LogP contribution >= 0.6 is 11.8 Å². The summed E-state index contributed by atoms with van der Waals surface area (Å²) in [5, 5.41) is 11.8. The summed E-state index contributed by atoms with van der Waals surface area (Å²) < 4.78 is 24.2. The molecule has 5 atom stereocenters. The van der Waals surface area contributed by atoms with Crippen LogP contribution in [-0.2, 0) is 44.7 Å².